The normalized spacial score (nSPS) is 13.7. The molecule has 94 valence electrons. The van der Waals surface area contributed by atoms with Crippen LogP contribution in [0, 0.1) is 12.8 Å². The lowest BCUT2D eigenvalue weighted by molar-refractivity contribution is 0.601. The van der Waals surface area contributed by atoms with Gasteiger partial charge in [0.1, 0.15) is 5.76 Å². The lowest BCUT2D eigenvalue weighted by Crippen LogP contribution is -1.89. The number of hydrogen-bond donors (Lipinski definition) is 1. The van der Waals surface area contributed by atoms with Crippen molar-refractivity contribution in [1.29, 1.82) is 0 Å². The lowest BCUT2D eigenvalue weighted by Gasteiger charge is -1.98. The van der Waals surface area contributed by atoms with Gasteiger partial charge in [-0.1, -0.05) is 31.4 Å². The molecule has 2 aromatic rings. The van der Waals surface area contributed by atoms with E-state index in [4.69, 9.17) is 10.2 Å². The highest BCUT2D eigenvalue weighted by Crippen LogP contribution is 2.30. The molecule has 0 aliphatic heterocycles. The van der Waals surface area contributed by atoms with Gasteiger partial charge in [-0.2, -0.15) is 0 Å². The van der Waals surface area contributed by atoms with Crippen LogP contribution in [0.25, 0.3) is 17.0 Å². The summed E-state index contributed by atoms with van der Waals surface area (Å²) in [7, 11) is 1.17. The first kappa shape index (κ1) is 12.9. The fraction of sp³-hybridized carbons (Fsp3) is 0.267. The molecule has 2 nitrogen and oxygen atoms in total. The van der Waals surface area contributed by atoms with E-state index in [-0.39, 0.29) is 0 Å². The average Bonchev–Trinajstić information content (AvgIpc) is 2.66. The maximum Gasteiger partial charge on any atom is 0.157 e. The van der Waals surface area contributed by atoms with Crippen molar-refractivity contribution in [3.05, 3.63) is 35.6 Å². The summed E-state index contributed by atoms with van der Waals surface area (Å²) in [6.07, 6.45) is 9.12. The van der Waals surface area contributed by atoms with E-state index in [0.717, 1.165) is 28.5 Å². The Morgan fingerprint density at radius 2 is 2.28 bits per heavy atom. The van der Waals surface area contributed by atoms with E-state index in [0.29, 0.717) is 11.6 Å². The molecule has 0 saturated heterocycles. The first-order valence-electron chi connectivity index (χ1n) is 6.01. The van der Waals surface area contributed by atoms with Gasteiger partial charge >= 0.3 is 0 Å². The number of allylic oxidation sites excluding steroid dienone is 1. The van der Waals surface area contributed by atoms with Crippen LogP contribution in [0.5, 0.6) is 0 Å². The summed E-state index contributed by atoms with van der Waals surface area (Å²) in [6, 6.07) is 5.86. The largest absolute Gasteiger partial charge is 0.454 e. The van der Waals surface area contributed by atoms with Crippen LogP contribution in [0.1, 0.15) is 18.2 Å². The Hall–Kier alpha value is -1.53. The maximum absolute atomic E-state index is 5.91. The van der Waals surface area contributed by atoms with Crippen molar-refractivity contribution < 1.29 is 4.42 Å². The number of hydrogen-bond acceptors (Lipinski definition) is 2. The molecule has 1 aromatic heterocycles. The summed E-state index contributed by atoms with van der Waals surface area (Å²) in [4.78, 5) is 0. The van der Waals surface area contributed by atoms with E-state index in [9.17, 15) is 0 Å². The second-order valence-corrected chi connectivity index (χ2v) is 5.37. The van der Waals surface area contributed by atoms with Crippen LogP contribution >= 0.6 is 8.20 Å². The van der Waals surface area contributed by atoms with Gasteiger partial charge in [-0.3, -0.25) is 0 Å². The van der Waals surface area contributed by atoms with Gasteiger partial charge < -0.3 is 10.2 Å². The average molecular weight is 259 g/mol. The summed E-state index contributed by atoms with van der Waals surface area (Å²) >= 11 is 0. The van der Waals surface area contributed by atoms with Crippen LogP contribution in [0.4, 0.5) is 5.69 Å². The van der Waals surface area contributed by atoms with Crippen molar-refractivity contribution in [2.75, 3.05) is 11.9 Å². The fourth-order valence-electron chi connectivity index (χ4n) is 1.96. The molecule has 1 heterocycles. The highest BCUT2D eigenvalue weighted by molar-refractivity contribution is 7.36. The molecule has 0 fully saturated rings. The SMILES string of the molecule is C=PCC(C)/C=C\c1oc2c(N)cccc2c1C. The summed E-state index contributed by atoms with van der Waals surface area (Å²) in [5.41, 5.74) is 8.54. The molecule has 1 atom stereocenters. The third kappa shape index (κ3) is 2.49. The molecule has 2 N–H and O–H groups in total. The van der Waals surface area contributed by atoms with E-state index >= 15 is 0 Å². The van der Waals surface area contributed by atoms with Gasteiger partial charge in [0.25, 0.3) is 0 Å². The molecular formula is C15H18NOP. The summed E-state index contributed by atoms with van der Waals surface area (Å²) in [6.45, 7) is 4.25. The van der Waals surface area contributed by atoms with Gasteiger partial charge in [-0.15, -0.1) is 8.20 Å². The zero-order valence-corrected chi connectivity index (χ0v) is 11.7. The van der Waals surface area contributed by atoms with Crippen LogP contribution in [-0.4, -0.2) is 12.5 Å². The van der Waals surface area contributed by atoms with Gasteiger partial charge in [-0.05, 0) is 31.1 Å². The summed E-state index contributed by atoms with van der Waals surface area (Å²) in [5.74, 6) is 1.41. The third-order valence-corrected chi connectivity index (χ3v) is 3.86. The Bertz CT molecular complexity index is 598. The van der Waals surface area contributed by atoms with E-state index in [1.54, 1.807) is 0 Å². The molecule has 0 aliphatic rings. The van der Waals surface area contributed by atoms with Gasteiger partial charge in [-0.25, -0.2) is 0 Å². The van der Waals surface area contributed by atoms with Crippen LogP contribution in [0.15, 0.2) is 28.7 Å². The first-order chi connectivity index (χ1) is 8.63. The Kier molecular flexibility index (Phi) is 3.88. The first-order valence-corrected chi connectivity index (χ1v) is 7.28. The Balaban J connectivity index is 2.37. The number of aryl methyl sites for hydroxylation is 1. The van der Waals surface area contributed by atoms with Crippen molar-refractivity contribution in [3.63, 3.8) is 0 Å². The number of furan rings is 1. The number of anilines is 1. The molecule has 0 saturated carbocycles. The topological polar surface area (TPSA) is 39.2 Å². The molecule has 18 heavy (non-hydrogen) atoms. The van der Waals surface area contributed by atoms with Crippen LogP contribution in [-0.2, 0) is 0 Å². The number of benzene rings is 1. The second-order valence-electron chi connectivity index (χ2n) is 4.56. The molecule has 0 spiro atoms. The monoisotopic (exact) mass is 259 g/mol. The van der Waals surface area contributed by atoms with E-state index in [1.165, 1.54) is 8.20 Å². The van der Waals surface area contributed by atoms with Crippen LogP contribution < -0.4 is 5.73 Å². The number of nitrogen functional groups attached to an aromatic ring is 1. The second kappa shape index (κ2) is 5.41. The molecule has 1 aromatic carbocycles. The van der Waals surface area contributed by atoms with Gasteiger partial charge in [0.05, 0.1) is 5.69 Å². The predicted octanol–water partition coefficient (Wildman–Crippen LogP) is 4.35. The molecule has 0 amide bonds. The molecule has 0 aliphatic carbocycles. The number of fused-ring (bicyclic) bond motifs is 1. The minimum absolute atomic E-state index is 0.508. The summed E-state index contributed by atoms with van der Waals surface area (Å²) < 4.78 is 5.83. The Labute approximate surface area is 109 Å². The van der Waals surface area contributed by atoms with Crippen molar-refractivity contribution in [3.8, 4) is 0 Å². The smallest absolute Gasteiger partial charge is 0.157 e. The zero-order valence-electron chi connectivity index (χ0n) is 10.8. The molecule has 0 radical (unpaired) electrons. The van der Waals surface area contributed by atoms with Crippen LogP contribution in [0.3, 0.4) is 0 Å². The van der Waals surface area contributed by atoms with E-state index in [1.807, 2.05) is 24.3 Å². The number of para-hydroxylation sites is 1. The van der Waals surface area contributed by atoms with E-state index < -0.39 is 0 Å². The van der Waals surface area contributed by atoms with Gasteiger partial charge in [0.2, 0.25) is 0 Å². The van der Waals surface area contributed by atoms with Crippen molar-refractivity contribution in [1.82, 2.24) is 0 Å². The molecule has 3 heteroatoms. The predicted molar refractivity (Wildman–Crippen MR) is 82.5 cm³/mol. The fourth-order valence-corrected chi connectivity index (χ4v) is 2.49. The highest BCUT2D eigenvalue weighted by atomic mass is 31.1. The van der Waals surface area contributed by atoms with Crippen molar-refractivity contribution in [2.45, 2.75) is 13.8 Å². The van der Waals surface area contributed by atoms with Crippen molar-refractivity contribution >= 4 is 37.2 Å². The number of nitrogens with two attached hydrogens (primary N) is 1. The van der Waals surface area contributed by atoms with Crippen LogP contribution in [0.2, 0.25) is 0 Å². The zero-order chi connectivity index (χ0) is 13.1. The van der Waals surface area contributed by atoms with Gasteiger partial charge in [0, 0.05) is 10.9 Å². The minimum atomic E-state index is 0.508. The quantitative estimate of drug-likeness (QED) is 0.654. The van der Waals surface area contributed by atoms with Crippen molar-refractivity contribution in [2.24, 2.45) is 5.92 Å². The standard InChI is InChI=1S/C15H18NOP/c1-10(9-18-3)7-8-14-11(2)12-5-4-6-13(16)15(12)17-14/h4-8,10H,3,9,16H2,1-2H3/b8-7-. The number of rotatable bonds is 4. The minimum Gasteiger partial charge on any atom is -0.454 e. The Morgan fingerprint density at radius 1 is 1.50 bits per heavy atom. The van der Waals surface area contributed by atoms with Gasteiger partial charge in [0.15, 0.2) is 5.58 Å². The maximum atomic E-state index is 5.91. The molecule has 0 bridgehead atoms. The summed E-state index contributed by atoms with van der Waals surface area (Å²) in [5, 5.41) is 1.09. The highest BCUT2D eigenvalue weighted by Gasteiger charge is 2.10. The molecule has 1 unspecified atom stereocenters. The van der Waals surface area contributed by atoms with E-state index in [2.05, 4.69) is 26.2 Å². The molecule has 2 rings (SSSR count). The third-order valence-electron chi connectivity index (χ3n) is 3.02. The Morgan fingerprint density at radius 3 is 2.94 bits per heavy atom. The molecular weight excluding hydrogens is 241 g/mol. The lowest BCUT2D eigenvalue weighted by atomic mass is 10.1.